The zero-order valence-electron chi connectivity index (χ0n) is 9.78. The quantitative estimate of drug-likeness (QED) is 0.748. The van der Waals surface area contributed by atoms with Crippen molar-refractivity contribution < 1.29 is 4.79 Å². The molecule has 0 heterocycles. The molecule has 0 unspecified atom stereocenters. The Morgan fingerprint density at radius 3 is 2.58 bits per heavy atom. The molecule has 0 bridgehead atoms. The molecule has 0 aliphatic heterocycles. The van der Waals surface area contributed by atoms with E-state index in [9.17, 15) is 4.79 Å². The number of hydrogen-bond acceptors (Lipinski definition) is 3. The van der Waals surface area contributed by atoms with E-state index in [-0.39, 0.29) is 0 Å². The first-order chi connectivity index (χ1) is 8.97. The molecule has 0 spiro atoms. The van der Waals surface area contributed by atoms with Crippen molar-refractivity contribution in [2.24, 2.45) is 5.73 Å². The molecule has 2 rings (SSSR count). The Bertz CT molecular complexity index is 646. The van der Waals surface area contributed by atoms with E-state index in [1.165, 1.54) is 0 Å². The molecule has 6 heteroatoms. The Labute approximate surface area is 123 Å². The Balaban J connectivity index is 2.39. The molecular weight excluding hydrogens is 330 g/mol. The fraction of sp³-hybridized carbons (Fsp3) is 0. The van der Waals surface area contributed by atoms with Crippen LogP contribution in [-0.4, -0.2) is 5.91 Å². The number of nitrogens with one attached hydrogen (secondary N) is 1. The van der Waals surface area contributed by atoms with Crippen LogP contribution in [0.2, 0.25) is 5.02 Å². The number of amides is 1. The van der Waals surface area contributed by atoms with Gasteiger partial charge in [-0.15, -0.1) is 0 Å². The van der Waals surface area contributed by atoms with E-state index < -0.39 is 5.91 Å². The number of halogens is 2. The van der Waals surface area contributed by atoms with E-state index in [0.717, 1.165) is 10.2 Å². The van der Waals surface area contributed by atoms with Crippen LogP contribution in [0.5, 0.6) is 0 Å². The maximum Gasteiger partial charge on any atom is 0.250 e. The third-order valence-corrected chi connectivity index (χ3v) is 3.74. The Morgan fingerprint density at radius 1 is 1.21 bits per heavy atom. The molecular formula is C13H11BrClN3O. The van der Waals surface area contributed by atoms with Crippen LogP contribution < -0.4 is 16.8 Å². The topological polar surface area (TPSA) is 81.1 Å². The molecule has 98 valence electrons. The highest BCUT2D eigenvalue weighted by Gasteiger charge is 2.09. The summed E-state index contributed by atoms with van der Waals surface area (Å²) in [5.41, 5.74) is 13.2. The van der Waals surface area contributed by atoms with Gasteiger partial charge in [0, 0.05) is 15.8 Å². The minimum atomic E-state index is -0.522. The molecule has 0 radical (unpaired) electrons. The van der Waals surface area contributed by atoms with Crippen molar-refractivity contribution in [1.82, 2.24) is 0 Å². The molecule has 0 atom stereocenters. The van der Waals surface area contributed by atoms with Crippen LogP contribution in [0.4, 0.5) is 17.1 Å². The van der Waals surface area contributed by atoms with Crippen LogP contribution in [0.25, 0.3) is 0 Å². The van der Waals surface area contributed by atoms with Gasteiger partial charge in [-0.1, -0.05) is 11.6 Å². The summed E-state index contributed by atoms with van der Waals surface area (Å²) in [7, 11) is 0. The lowest BCUT2D eigenvalue weighted by atomic mass is 10.1. The van der Waals surface area contributed by atoms with Crippen LogP contribution in [0.3, 0.4) is 0 Å². The third kappa shape index (κ3) is 3.19. The van der Waals surface area contributed by atoms with Gasteiger partial charge in [-0.2, -0.15) is 0 Å². The summed E-state index contributed by atoms with van der Waals surface area (Å²) in [6.45, 7) is 0. The second kappa shape index (κ2) is 5.50. The normalized spacial score (nSPS) is 10.2. The first-order valence-electron chi connectivity index (χ1n) is 5.39. The molecule has 2 aromatic rings. The van der Waals surface area contributed by atoms with E-state index in [4.69, 9.17) is 23.1 Å². The monoisotopic (exact) mass is 339 g/mol. The summed E-state index contributed by atoms with van der Waals surface area (Å²) in [5, 5.41) is 3.64. The summed E-state index contributed by atoms with van der Waals surface area (Å²) in [6, 6.07) is 10.2. The van der Waals surface area contributed by atoms with Gasteiger partial charge in [0.15, 0.2) is 0 Å². The maximum atomic E-state index is 11.4. The summed E-state index contributed by atoms with van der Waals surface area (Å²) in [4.78, 5) is 11.4. The average Bonchev–Trinajstić information content (AvgIpc) is 2.33. The Kier molecular flexibility index (Phi) is 3.97. The van der Waals surface area contributed by atoms with E-state index in [1.54, 1.807) is 30.3 Å². The van der Waals surface area contributed by atoms with Gasteiger partial charge in [-0.3, -0.25) is 4.79 Å². The van der Waals surface area contributed by atoms with Gasteiger partial charge in [0.1, 0.15) is 0 Å². The van der Waals surface area contributed by atoms with Gasteiger partial charge in [-0.25, -0.2) is 0 Å². The van der Waals surface area contributed by atoms with E-state index in [0.29, 0.717) is 22.0 Å². The number of hydrogen-bond donors (Lipinski definition) is 3. The van der Waals surface area contributed by atoms with Crippen LogP contribution >= 0.6 is 27.5 Å². The molecule has 2 aromatic carbocycles. The zero-order chi connectivity index (χ0) is 14.0. The number of carbonyl (C=O) groups excluding carboxylic acids is 1. The number of anilines is 3. The first-order valence-corrected chi connectivity index (χ1v) is 6.56. The minimum Gasteiger partial charge on any atom is -0.399 e. The Morgan fingerprint density at radius 2 is 1.95 bits per heavy atom. The van der Waals surface area contributed by atoms with Gasteiger partial charge >= 0.3 is 0 Å². The number of benzene rings is 2. The lowest BCUT2D eigenvalue weighted by molar-refractivity contribution is 0.100. The van der Waals surface area contributed by atoms with Crippen LogP contribution in [0.15, 0.2) is 40.9 Å². The molecule has 5 N–H and O–H groups in total. The molecule has 0 saturated heterocycles. The highest BCUT2D eigenvalue weighted by molar-refractivity contribution is 9.10. The molecule has 0 aromatic heterocycles. The smallest absolute Gasteiger partial charge is 0.250 e. The molecule has 0 aliphatic carbocycles. The van der Waals surface area contributed by atoms with Crippen molar-refractivity contribution in [3.8, 4) is 0 Å². The fourth-order valence-corrected chi connectivity index (χ4v) is 2.04. The van der Waals surface area contributed by atoms with Gasteiger partial charge < -0.3 is 16.8 Å². The second-order valence-corrected chi connectivity index (χ2v) is 5.18. The second-order valence-electron chi connectivity index (χ2n) is 3.92. The average molecular weight is 341 g/mol. The number of primary amides is 1. The van der Waals surface area contributed by atoms with Crippen molar-refractivity contribution in [2.75, 3.05) is 11.1 Å². The van der Waals surface area contributed by atoms with Crippen molar-refractivity contribution >= 4 is 50.5 Å². The third-order valence-electron chi connectivity index (χ3n) is 2.51. The van der Waals surface area contributed by atoms with Crippen molar-refractivity contribution in [1.29, 1.82) is 0 Å². The molecule has 0 fully saturated rings. The molecule has 19 heavy (non-hydrogen) atoms. The Hall–Kier alpha value is -1.72. The number of nitrogens with two attached hydrogens (primary N) is 2. The van der Waals surface area contributed by atoms with Crippen LogP contribution in [-0.2, 0) is 0 Å². The maximum absolute atomic E-state index is 11.4. The summed E-state index contributed by atoms with van der Waals surface area (Å²) in [5.74, 6) is -0.522. The van der Waals surface area contributed by atoms with Gasteiger partial charge in [0.2, 0.25) is 0 Å². The lowest BCUT2D eigenvalue weighted by Crippen LogP contribution is -2.13. The highest BCUT2D eigenvalue weighted by atomic mass is 79.9. The minimum absolute atomic E-state index is 0.369. The predicted octanol–water partition coefficient (Wildman–Crippen LogP) is 3.53. The first kappa shape index (κ1) is 13.7. The predicted molar refractivity (Wildman–Crippen MR) is 81.8 cm³/mol. The van der Waals surface area contributed by atoms with Gasteiger partial charge in [0.25, 0.3) is 5.91 Å². The van der Waals surface area contributed by atoms with Gasteiger partial charge in [-0.05, 0) is 52.3 Å². The van der Waals surface area contributed by atoms with Gasteiger partial charge in [0.05, 0.1) is 16.3 Å². The number of rotatable bonds is 3. The lowest BCUT2D eigenvalue weighted by Gasteiger charge is -2.11. The molecule has 1 amide bonds. The van der Waals surface area contributed by atoms with Crippen molar-refractivity contribution in [2.45, 2.75) is 0 Å². The number of carbonyl (C=O) groups is 1. The van der Waals surface area contributed by atoms with E-state index in [1.807, 2.05) is 6.07 Å². The molecule has 0 saturated carbocycles. The van der Waals surface area contributed by atoms with Crippen LogP contribution in [0.1, 0.15) is 10.4 Å². The van der Waals surface area contributed by atoms with E-state index >= 15 is 0 Å². The summed E-state index contributed by atoms with van der Waals surface area (Å²) < 4.78 is 0.794. The molecule has 0 aliphatic rings. The standard InChI is InChI=1S/C13H11BrClN3O/c14-10-4-2-8(6-11(10)15)18-12-5-7(16)1-3-9(12)13(17)19/h1-6,18H,16H2,(H2,17,19). The fourth-order valence-electron chi connectivity index (χ4n) is 1.61. The SMILES string of the molecule is NC(=O)c1ccc(N)cc1Nc1ccc(Br)c(Cl)c1. The zero-order valence-corrected chi connectivity index (χ0v) is 12.1. The molecule has 4 nitrogen and oxygen atoms in total. The van der Waals surface area contributed by atoms with E-state index in [2.05, 4.69) is 21.2 Å². The van der Waals surface area contributed by atoms with Crippen LogP contribution in [0, 0.1) is 0 Å². The van der Waals surface area contributed by atoms with Crippen molar-refractivity contribution in [3.63, 3.8) is 0 Å². The van der Waals surface area contributed by atoms with Crippen molar-refractivity contribution in [3.05, 3.63) is 51.5 Å². The summed E-state index contributed by atoms with van der Waals surface area (Å²) in [6.07, 6.45) is 0. The highest BCUT2D eigenvalue weighted by Crippen LogP contribution is 2.29. The number of nitrogen functional groups attached to an aromatic ring is 1. The summed E-state index contributed by atoms with van der Waals surface area (Å²) >= 11 is 9.32. The largest absolute Gasteiger partial charge is 0.399 e.